The maximum absolute atomic E-state index is 3.43. The second-order valence-electron chi connectivity index (χ2n) is 16.8. The van der Waals surface area contributed by atoms with Gasteiger partial charge in [-0.1, -0.05) is 156 Å². The van der Waals surface area contributed by atoms with E-state index in [-0.39, 0.29) is 5.92 Å². The summed E-state index contributed by atoms with van der Waals surface area (Å²) in [5.74, 6) is 6.98. The molecule has 278 valence electrons. The summed E-state index contributed by atoms with van der Waals surface area (Å²) >= 11 is 0. The maximum atomic E-state index is 3.43. The van der Waals surface area contributed by atoms with Crippen LogP contribution in [0.15, 0.2) is 187 Å². The molecule has 0 saturated heterocycles. The lowest BCUT2D eigenvalue weighted by molar-refractivity contribution is 0.811. The van der Waals surface area contributed by atoms with Crippen LogP contribution in [-0.2, 0) is 6.42 Å². The molecule has 2 nitrogen and oxygen atoms in total. The summed E-state index contributed by atoms with van der Waals surface area (Å²) in [4.78, 5) is 0. The first-order chi connectivity index (χ1) is 29.3. The standard InChI is InChI=1S/C56H40N2Si/c1-2-5-19-39(18-4-1)59(40-20-6-3-7-21-40)53-31-17-12-26-46(53)55-45-33-32-37(57-49-27-13-8-22-41(49)42-23-9-14-28-50(42)57)34-47(45)48-35-38(36-54(59)56(48)55)58-51-29-15-10-24-43(51)44-25-11-16-30-52(44)58/h3-4,6-15,17-29,32-36,53,55H,5,16,30-31H2. The summed E-state index contributed by atoms with van der Waals surface area (Å²) in [6.45, 7) is 0. The van der Waals surface area contributed by atoms with Gasteiger partial charge < -0.3 is 9.13 Å². The van der Waals surface area contributed by atoms with Crippen LogP contribution in [0.5, 0.6) is 0 Å². The van der Waals surface area contributed by atoms with Gasteiger partial charge in [0.25, 0.3) is 0 Å². The van der Waals surface area contributed by atoms with Crippen molar-refractivity contribution in [2.24, 2.45) is 0 Å². The second kappa shape index (κ2) is 12.6. The highest BCUT2D eigenvalue weighted by molar-refractivity contribution is 7.09. The van der Waals surface area contributed by atoms with E-state index in [0.29, 0.717) is 5.54 Å². The Hall–Kier alpha value is -6.86. The zero-order chi connectivity index (χ0) is 38.7. The molecule has 3 heterocycles. The summed E-state index contributed by atoms with van der Waals surface area (Å²) in [6, 6.07) is 51.1. The van der Waals surface area contributed by atoms with Crippen LogP contribution in [0.4, 0.5) is 0 Å². The minimum atomic E-state index is -2.79. The quantitative estimate of drug-likeness (QED) is 0.125. The van der Waals surface area contributed by atoms with Crippen molar-refractivity contribution in [1.29, 1.82) is 0 Å². The SMILES string of the molecule is C1#CCC=C([Si]2(c3ccccc3)c3cc(-n4c5c(c6ccccc64)C=CCC5)cc4c3C(C3=CC=CCC32)c2ccc(-n3c5ccccc5c5ccccc53)cc2-4)C=C1. The van der Waals surface area contributed by atoms with Gasteiger partial charge in [-0.05, 0) is 106 Å². The van der Waals surface area contributed by atoms with Crippen LogP contribution >= 0.6 is 0 Å². The van der Waals surface area contributed by atoms with Gasteiger partial charge in [-0.15, -0.1) is 0 Å². The van der Waals surface area contributed by atoms with Crippen LogP contribution in [0.2, 0.25) is 5.54 Å². The summed E-state index contributed by atoms with van der Waals surface area (Å²) in [6.07, 6.45) is 22.9. The smallest absolute Gasteiger partial charge is 0.155 e. The van der Waals surface area contributed by atoms with Crippen molar-refractivity contribution < 1.29 is 0 Å². The topological polar surface area (TPSA) is 9.86 Å². The number of rotatable bonds is 4. The number of hydrogen-bond donors (Lipinski definition) is 0. The summed E-state index contributed by atoms with van der Waals surface area (Å²) in [5.41, 5.74) is 16.7. The Morgan fingerprint density at radius 1 is 0.644 bits per heavy atom. The summed E-state index contributed by atoms with van der Waals surface area (Å²) in [7, 11) is -2.79. The summed E-state index contributed by atoms with van der Waals surface area (Å²) in [5, 5.41) is 8.42. The third-order valence-electron chi connectivity index (χ3n) is 14.1. The van der Waals surface area contributed by atoms with Crippen LogP contribution in [-0.4, -0.2) is 17.2 Å². The van der Waals surface area contributed by atoms with E-state index >= 15 is 0 Å². The molecule has 2 aromatic heterocycles. The minimum absolute atomic E-state index is 0.195. The van der Waals surface area contributed by atoms with E-state index in [4.69, 9.17) is 0 Å². The van der Waals surface area contributed by atoms with Crippen molar-refractivity contribution >= 4 is 57.2 Å². The van der Waals surface area contributed by atoms with E-state index in [1.165, 1.54) is 88.0 Å². The normalized spacial score (nSPS) is 20.7. The van der Waals surface area contributed by atoms with Crippen molar-refractivity contribution in [2.45, 2.75) is 37.1 Å². The van der Waals surface area contributed by atoms with Crippen molar-refractivity contribution in [3.8, 4) is 34.3 Å². The maximum Gasteiger partial charge on any atom is 0.155 e. The Kier molecular flexibility index (Phi) is 7.06. The molecule has 3 atom stereocenters. The van der Waals surface area contributed by atoms with Gasteiger partial charge in [0.05, 0.1) is 16.6 Å². The Balaban J connectivity index is 1.18. The number of benzene rings is 6. The number of aromatic nitrogens is 2. The number of nitrogens with zero attached hydrogens (tertiary/aromatic N) is 2. The van der Waals surface area contributed by atoms with E-state index in [1.54, 1.807) is 10.8 Å². The Bertz CT molecular complexity index is 3300. The first kappa shape index (κ1) is 33.1. The number of fused-ring (bicyclic) bond motifs is 11. The largest absolute Gasteiger partial charge is 0.313 e. The van der Waals surface area contributed by atoms with Gasteiger partial charge in [0, 0.05) is 51.1 Å². The van der Waals surface area contributed by atoms with E-state index < -0.39 is 8.07 Å². The molecule has 0 bridgehead atoms. The highest BCUT2D eigenvalue weighted by atomic mass is 28.3. The molecule has 0 radical (unpaired) electrons. The Morgan fingerprint density at radius 3 is 2.19 bits per heavy atom. The molecule has 6 aromatic carbocycles. The third kappa shape index (κ3) is 4.47. The lowest BCUT2D eigenvalue weighted by Crippen LogP contribution is -2.67. The van der Waals surface area contributed by atoms with Gasteiger partial charge in [-0.3, -0.25) is 0 Å². The van der Waals surface area contributed by atoms with E-state index in [0.717, 1.165) is 25.7 Å². The predicted molar refractivity (Wildman–Crippen MR) is 249 cm³/mol. The highest BCUT2D eigenvalue weighted by Crippen LogP contribution is 2.59. The fourth-order valence-corrected chi connectivity index (χ4v) is 17.8. The zero-order valence-corrected chi connectivity index (χ0v) is 33.7. The molecule has 0 amide bonds. The van der Waals surface area contributed by atoms with E-state index in [2.05, 4.69) is 203 Å². The fourth-order valence-electron chi connectivity index (χ4n) is 11.9. The van der Waals surface area contributed by atoms with Crippen molar-refractivity contribution in [2.75, 3.05) is 0 Å². The molecule has 0 fully saturated rings. The van der Waals surface area contributed by atoms with E-state index in [9.17, 15) is 0 Å². The van der Waals surface area contributed by atoms with Crippen molar-refractivity contribution in [3.63, 3.8) is 0 Å². The number of hydrogen-bond acceptors (Lipinski definition) is 0. The molecule has 5 aliphatic rings. The van der Waals surface area contributed by atoms with Gasteiger partial charge in [-0.25, -0.2) is 0 Å². The average Bonchev–Trinajstić information content (AvgIpc) is 3.83. The molecule has 59 heavy (non-hydrogen) atoms. The third-order valence-corrected chi connectivity index (χ3v) is 19.5. The zero-order valence-electron chi connectivity index (χ0n) is 32.7. The Morgan fingerprint density at radius 2 is 1.37 bits per heavy atom. The van der Waals surface area contributed by atoms with Gasteiger partial charge in [0.2, 0.25) is 0 Å². The lowest BCUT2D eigenvalue weighted by Gasteiger charge is -2.49. The molecular formula is C56H40N2Si. The van der Waals surface area contributed by atoms with Crippen molar-refractivity contribution in [1.82, 2.24) is 9.13 Å². The van der Waals surface area contributed by atoms with Gasteiger partial charge in [-0.2, -0.15) is 0 Å². The fraction of sp³-hybridized carbons (Fsp3) is 0.107. The molecule has 13 rings (SSSR count). The van der Waals surface area contributed by atoms with Gasteiger partial charge >= 0.3 is 0 Å². The molecule has 0 saturated carbocycles. The average molecular weight is 769 g/mol. The molecule has 1 aliphatic heterocycles. The van der Waals surface area contributed by atoms with Crippen LogP contribution in [0.1, 0.15) is 47.6 Å². The van der Waals surface area contributed by atoms with E-state index in [1.807, 2.05) is 0 Å². The lowest BCUT2D eigenvalue weighted by atomic mass is 9.83. The molecule has 3 unspecified atom stereocenters. The minimum Gasteiger partial charge on any atom is -0.313 e. The molecule has 0 spiro atoms. The van der Waals surface area contributed by atoms with Crippen LogP contribution in [0.3, 0.4) is 0 Å². The first-order valence-electron chi connectivity index (χ1n) is 21.2. The number of allylic oxidation sites excluding steroid dienone is 9. The van der Waals surface area contributed by atoms with Crippen LogP contribution in [0, 0.1) is 11.8 Å². The monoisotopic (exact) mass is 768 g/mol. The summed E-state index contributed by atoms with van der Waals surface area (Å²) < 4.78 is 5.12. The van der Waals surface area contributed by atoms with Gasteiger partial charge in [0.15, 0.2) is 8.07 Å². The Labute approximate surface area is 345 Å². The second-order valence-corrected chi connectivity index (χ2v) is 20.8. The van der Waals surface area contributed by atoms with Gasteiger partial charge in [0.1, 0.15) is 0 Å². The molecular weight excluding hydrogens is 729 g/mol. The first-order valence-corrected chi connectivity index (χ1v) is 23.3. The number of para-hydroxylation sites is 3. The molecule has 4 aliphatic carbocycles. The van der Waals surface area contributed by atoms with Crippen LogP contribution < -0.4 is 10.4 Å². The molecule has 3 heteroatoms. The van der Waals surface area contributed by atoms with Crippen molar-refractivity contribution in [3.05, 3.63) is 209 Å². The molecule has 0 N–H and O–H groups in total. The van der Waals surface area contributed by atoms with Crippen LogP contribution in [0.25, 0.3) is 61.3 Å². The molecule has 8 aromatic rings. The predicted octanol–water partition coefficient (Wildman–Crippen LogP) is 12.1. The highest BCUT2D eigenvalue weighted by Gasteiger charge is 2.57.